The predicted molar refractivity (Wildman–Crippen MR) is 216 cm³/mol. The van der Waals surface area contributed by atoms with Crippen molar-refractivity contribution >= 4 is 68.8 Å². The minimum absolute atomic E-state index is 0.0264. The Hall–Kier alpha value is -6.23. The van der Waals surface area contributed by atoms with Gasteiger partial charge in [-0.1, -0.05) is 12.1 Å². The van der Waals surface area contributed by atoms with Gasteiger partial charge >= 0.3 is 6.01 Å². The lowest BCUT2D eigenvalue weighted by atomic mass is 9.85. The van der Waals surface area contributed by atoms with E-state index in [1.807, 2.05) is 57.7 Å². The fourth-order valence-electron chi connectivity index (χ4n) is 7.58. The molecular formula is C39H45ClN12O5. The third-order valence-corrected chi connectivity index (χ3v) is 10.8. The summed E-state index contributed by atoms with van der Waals surface area (Å²) in [6.45, 7) is 0. The highest BCUT2D eigenvalue weighted by Gasteiger charge is 2.30. The molecule has 6 N–H and O–H groups in total. The highest BCUT2D eigenvalue weighted by molar-refractivity contribution is 6.28. The lowest BCUT2D eigenvalue weighted by molar-refractivity contribution is -0.121. The molecule has 0 aliphatic heterocycles. The summed E-state index contributed by atoms with van der Waals surface area (Å²) in [6.07, 6.45) is 10.0. The fourth-order valence-corrected chi connectivity index (χ4v) is 7.75. The van der Waals surface area contributed by atoms with E-state index in [0.717, 1.165) is 68.5 Å². The second-order valence-electron chi connectivity index (χ2n) is 14.1. The Labute approximate surface area is 333 Å². The van der Waals surface area contributed by atoms with Crippen LogP contribution >= 0.6 is 11.6 Å². The number of methoxy groups -OCH3 is 3. The van der Waals surface area contributed by atoms with Crippen LogP contribution in [0.5, 0.6) is 17.5 Å². The average Bonchev–Trinajstić information content (AvgIpc) is 3.87. The van der Waals surface area contributed by atoms with Crippen molar-refractivity contribution in [1.82, 2.24) is 39.0 Å². The van der Waals surface area contributed by atoms with Crippen molar-refractivity contribution in [3.8, 4) is 17.5 Å². The van der Waals surface area contributed by atoms with Gasteiger partial charge in [0.1, 0.15) is 17.0 Å². The van der Waals surface area contributed by atoms with Crippen molar-refractivity contribution in [3.63, 3.8) is 0 Å². The van der Waals surface area contributed by atoms with E-state index in [2.05, 4.69) is 40.5 Å². The number of nitrogens with zero attached hydrogens (tertiary/aromatic N) is 8. The van der Waals surface area contributed by atoms with Crippen LogP contribution in [-0.4, -0.2) is 72.2 Å². The number of ether oxygens (including phenoxy) is 3. The number of carbonyl (C=O) groups excluding carboxylic acids is 2. The van der Waals surface area contributed by atoms with Gasteiger partial charge in [0.2, 0.25) is 17.1 Å². The smallest absolute Gasteiger partial charge is 0.320 e. The molecule has 17 nitrogen and oxygen atoms in total. The molecule has 4 heterocycles. The van der Waals surface area contributed by atoms with Gasteiger partial charge in [0, 0.05) is 47.4 Å². The summed E-state index contributed by atoms with van der Waals surface area (Å²) in [5, 5.41) is 6.09. The molecule has 0 saturated heterocycles. The molecule has 2 saturated carbocycles. The maximum absolute atomic E-state index is 12.7. The molecule has 0 radical (unpaired) electrons. The highest BCUT2D eigenvalue weighted by Crippen LogP contribution is 2.37. The van der Waals surface area contributed by atoms with Gasteiger partial charge in [0.25, 0.3) is 0 Å². The quantitative estimate of drug-likeness (QED) is 0.119. The van der Waals surface area contributed by atoms with Crippen molar-refractivity contribution in [3.05, 3.63) is 66.5 Å². The zero-order valence-electron chi connectivity index (χ0n) is 31.9. The minimum atomic E-state index is -0.0273. The molecule has 57 heavy (non-hydrogen) atoms. The van der Waals surface area contributed by atoms with E-state index in [1.54, 1.807) is 26.9 Å². The summed E-state index contributed by atoms with van der Waals surface area (Å²) in [5.41, 5.74) is 15.8. The molecule has 0 atom stereocenters. The number of hydrogen-bond donors (Lipinski definition) is 4. The summed E-state index contributed by atoms with van der Waals surface area (Å²) in [7, 11) is 4.72. The highest BCUT2D eigenvalue weighted by atomic mass is 35.5. The number of imidazole rings is 2. The van der Waals surface area contributed by atoms with Gasteiger partial charge in [0.05, 0.1) is 34.0 Å². The maximum Gasteiger partial charge on any atom is 0.320 e. The summed E-state index contributed by atoms with van der Waals surface area (Å²) in [5.74, 6) is 2.04. The summed E-state index contributed by atoms with van der Waals surface area (Å²) >= 11 is 5.95. The van der Waals surface area contributed by atoms with Crippen LogP contribution in [0.2, 0.25) is 5.28 Å². The number of halogens is 1. The SMILES string of the molecule is COc1cccc(NC(=O)C2CCC(n3cnc4c(N)nc(Cl)nc43)CC2)c1.COc1cccc(NC(=O)C2CCC(n3cnc4c(N)nc(OC)nc43)CC2)c1. The molecule has 18 heteroatoms. The molecule has 0 unspecified atom stereocenters. The molecule has 0 bridgehead atoms. The third-order valence-electron chi connectivity index (χ3n) is 10.6. The Morgan fingerprint density at radius 1 is 0.649 bits per heavy atom. The zero-order valence-corrected chi connectivity index (χ0v) is 32.6. The van der Waals surface area contributed by atoms with Gasteiger partial charge in [-0.2, -0.15) is 19.9 Å². The van der Waals surface area contributed by atoms with Gasteiger partial charge in [-0.25, -0.2) is 9.97 Å². The van der Waals surface area contributed by atoms with Crippen molar-refractivity contribution in [1.29, 1.82) is 0 Å². The van der Waals surface area contributed by atoms with Gasteiger partial charge in [-0.05, 0) is 87.2 Å². The Morgan fingerprint density at radius 3 is 1.56 bits per heavy atom. The molecule has 6 aromatic rings. The first-order valence-electron chi connectivity index (χ1n) is 18.7. The Morgan fingerprint density at radius 2 is 1.11 bits per heavy atom. The molecular weight excluding hydrogens is 752 g/mol. The number of nitrogen functional groups attached to an aromatic ring is 2. The van der Waals surface area contributed by atoms with Crippen molar-refractivity contribution in [2.24, 2.45) is 11.8 Å². The van der Waals surface area contributed by atoms with Crippen molar-refractivity contribution < 1.29 is 23.8 Å². The molecule has 4 aromatic heterocycles. The molecule has 0 spiro atoms. The van der Waals surface area contributed by atoms with Gasteiger partial charge in [-0.3, -0.25) is 9.59 Å². The number of anilines is 4. The lowest BCUT2D eigenvalue weighted by Gasteiger charge is -2.28. The number of benzene rings is 2. The lowest BCUT2D eigenvalue weighted by Crippen LogP contribution is -2.28. The minimum Gasteiger partial charge on any atom is -0.497 e. The first kappa shape index (κ1) is 39.0. The summed E-state index contributed by atoms with van der Waals surface area (Å²) in [4.78, 5) is 50.7. The standard InChI is InChI=1S/C20H24N6O3.C19H21ClN6O2/c1-28-15-5-3-4-13(10-15)23-19(27)12-6-8-14(9-7-12)26-11-22-16-17(21)24-20(29-2)25-18(16)26;1-28-14-4-2-3-12(9-14)23-18(27)11-5-7-13(8-6-11)26-10-22-15-16(21)24-19(20)25-17(15)26/h3-5,10-12,14H,6-9H2,1-2H3,(H,23,27)(H2,21,24,25);2-4,9-11,13H,5-8H2,1H3,(H,23,27)(H2,21,24,25). The second-order valence-corrected chi connectivity index (χ2v) is 14.4. The Bertz CT molecular complexity index is 2370. The normalized spacial score (nSPS) is 19.3. The molecule has 8 rings (SSSR count). The summed E-state index contributed by atoms with van der Waals surface area (Å²) < 4.78 is 19.6. The largest absolute Gasteiger partial charge is 0.497 e. The molecule has 2 aliphatic rings. The van der Waals surface area contributed by atoms with Gasteiger partial charge < -0.3 is 45.4 Å². The summed E-state index contributed by atoms with van der Waals surface area (Å²) in [6, 6.07) is 15.4. The van der Waals surface area contributed by atoms with E-state index >= 15 is 0 Å². The van der Waals surface area contributed by atoms with Crippen LogP contribution in [0.1, 0.15) is 63.5 Å². The number of fused-ring (bicyclic) bond motifs is 2. The van der Waals surface area contributed by atoms with E-state index in [0.29, 0.717) is 33.9 Å². The van der Waals surface area contributed by atoms with E-state index in [-0.39, 0.29) is 52.8 Å². The van der Waals surface area contributed by atoms with Crippen LogP contribution in [-0.2, 0) is 9.59 Å². The first-order valence-corrected chi connectivity index (χ1v) is 19.1. The monoisotopic (exact) mass is 796 g/mol. The van der Waals surface area contributed by atoms with Crippen LogP contribution < -0.4 is 36.3 Å². The van der Waals surface area contributed by atoms with Crippen LogP contribution in [0.15, 0.2) is 61.2 Å². The van der Waals surface area contributed by atoms with Gasteiger partial charge in [-0.15, -0.1) is 0 Å². The number of carbonyl (C=O) groups is 2. The number of amides is 2. The van der Waals surface area contributed by atoms with Crippen LogP contribution in [0.25, 0.3) is 22.3 Å². The maximum atomic E-state index is 12.7. The molecule has 2 aromatic carbocycles. The second kappa shape index (κ2) is 17.3. The predicted octanol–water partition coefficient (Wildman–Crippen LogP) is 6.24. The molecule has 298 valence electrons. The van der Waals surface area contributed by atoms with E-state index in [4.69, 9.17) is 37.3 Å². The molecule has 2 fully saturated rings. The fraction of sp³-hybridized carbons (Fsp3) is 0.385. The molecule has 2 amide bonds. The number of rotatable bonds is 9. The zero-order chi connectivity index (χ0) is 40.1. The number of nitrogens with two attached hydrogens (primary N) is 2. The Balaban J connectivity index is 0.000000174. The van der Waals surface area contributed by atoms with Crippen molar-refractivity contribution in [2.75, 3.05) is 43.4 Å². The van der Waals surface area contributed by atoms with Crippen molar-refractivity contribution in [2.45, 2.75) is 63.5 Å². The van der Waals surface area contributed by atoms with E-state index < -0.39 is 0 Å². The van der Waals surface area contributed by atoms with Gasteiger partial charge in [0.15, 0.2) is 28.4 Å². The number of hydrogen-bond acceptors (Lipinski definition) is 13. The number of aromatic nitrogens is 8. The average molecular weight is 797 g/mol. The third kappa shape index (κ3) is 8.77. The van der Waals surface area contributed by atoms with E-state index in [1.165, 1.54) is 7.11 Å². The van der Waals surface area contributed by atoms with Crippen LogP contribution in [0.4, 0.5) is 23.0 Å². The van der Waals surface area contributed by atoms with Crippen LogP contribution in [0, 0.1) is 11.8 Å². The molecule has 2 aliphatic carbocycles. The van der Waals surface area contributed by atoms with Crippen LogP contribution in [0.3, 0.4) is 0 Å². The Kier molecular flexibility index (Phi) is 11.8. The topological polar surface area (TPSA) is 225 Å². The first-order chi connectivity index (χ1) is 27.6. The number of nitrogens with one attached hydrogen (secondary N) is 2. The van der Waals surface area contributed by atoms with E-state index in [9.17, 15) is 9.59 Å².